The van der Waals surface area contributed by atoms with Gasteiger partial charge >= 0.3 is 23.9 Å². The van der Waals surface area contributed by atoms with E-state index in [1.165, 1.54) is 39.3 Å². The van der Waals surface area contributed by atoms with Crippen LogP contribution in [-0.2, 0) is 19.2 Å². The van der Waals surface area contributed by atoms with Gasteiger partial charge in [-0.25, -0.2) is 0 Å². The minimum atomic E-state index is -2.27. The fourth-order valence-electron chi connectivity index (χ4n) is 34.7. The highest BCUT2D eigenvalue weighted by Gasteiger charge is 2.70. The molecule has 12 saturated carbocycles. The average molecular weight is 1920 g/mol. The molecule has 0 radical (unpaired) electrons. The second-order valence-corrected chi connectivity index (χ2v) is 50.8. The van der Waals surface area contributed by atoms with Gasteiger partial charge in [-0.3, -0.25) is 19.2 Å². The van der Waals surface area contributed by atoms with E-state index in [-0.39, 0.29) is 171 Å². The van der Waals surface area contributed by atoms with E-state index in [1.54, 1.807) is 6.08 Å². The van der Waals surface area contributed by atoms with Crippen molar-refractivity contribution < 1.29 is 142 Å². The van der Waals surface area contributed by atoms with E-state index >= 15 is 0 Å². The summed E-state index contributed by atoms with van der Waals surface area (Å²) in [6, 6.07) is 0. The van der Waals surface area contributed by atoms with Gasteiger partial charge in [0.1, 0.15) is 23.7 Å². The molecule has 136 heavy (non-hydrogen) atoms. The number of aliphatic hydroxyl groups excluding tert-OH is 4. The lowest BCUT2D eigenvalue weighted by molar-refractivity contribution is -0.246. The lowest BCUT2D eigenvalue weighted by Gasteiger charge is -2.61. The monoisotopic (exact) mass is 1920 g/mol. The number of aliphatic carboxylic acids is 4. The third-order valence-corrected chi connectivity index (χ3v) is 43.8. The van der Waals surface area contributed by atoms with Gasteiger partial charge in [-0.1, -0.05) is 118 Å². The zero-order chi connectivity index (χ0) is 101. The molecule has 0 spiro atoms. The molecule has 0 aromatic heterocycles. The number of rotatable bonds is 24. The summed E-state index contributed by atoms with van der Waals surface area (Å²) in [6.45, 7) is 32.0. The first-order valence-corrected chi connectivity index (χ1v) is 52.6. The van der Waals surface area contributed by atoms with Gasteiger partial charge in [-0.2, -0.15) is 0 Å². The highest BCUT2D eigenvalue weighted by molar-refractivity contribution is 5.72. The van der Waals surface area contributed by atoms with Crippen LogP contribution in [0.4, 0.5) is 0 Å². The fraction of sp³-hybridized carbons (Fsp3) is 0.889. The Bertz CT molecular complexity index is 4430. The second-order valence-electron chi connectivity index (χ2n) is 50.8. The summed E-state index contributed by atoms with van der Waals surface area (Å²) >= 11 is 0. The molecule has 16 aliphatic rings. The molecule has 0 amide bonds. The summed E-state index contributed by atoms with van der Waals surface area (Å²) in [4.78, 5) is 45.0. The molecule has 0 aromatic carbocycles. The summed E-state index contributed by atoms with van der Waals surface area (Å²) in [6.07, 6.45) is 30.2. The highest BCUT2D eigenvalue weighted by atomic mass is 16.5. The molecule has 16 rings (SSSR count). The van der Waals surface area contributed by atoms with Crippen molar-refractivity contribution in [3.8, 4) is 0 Å². The van der Waals surface area contributed by atoms with Gasteiger partial charge in [0.15, 0.2) is 46.3 Å². The van der Waals surface area contributed by atoms with Gasteiger partial charge in [-0.05, 0) is 369 Å². The number of fused-ring (bicyclic) bond motifs is 20. The zero-order valence-electron chi connectivity index (χ0n) is 84.3. The summed E-state index contributed by atoms with van der Waals surface area (Å²) in [5.41, 5.74) is 3.49. The number of hydrogen-bond acceptors (Lipinski definition) is 24. The van der Waals surface area contributed by atoms with Gasteiger partial charge in [0.2, 0.25) is 0 Å². The Morgan fingerprint density at radius 1 is 0.309 bits per heavy atom. The summed E-state index contributed by atoms with van der Waals surface area (Å²) in [5.74, 6) is -22.3. The van der Waals surface area contributed by atoms with E-state index in [4.69, 9.17) is 0 Å². The Kier molecular flexibility index (Phi) is 30.9. The van der Waals surface area contributed by atoms with Crippen molar-refractivity contribution >= 4 is 23.9 Å². The molecular weight excluding hydrogens is 1750 g/mol. The SMILES string of the molecule is CC(CCC(O)(O)C(C)C(=O)O)C1CCC2C3C(CC[C@]12C)[C@@]1(C)CCC(O)(O)CC1=CC3(O)O.CC(CCC(O)(O)C(C)C(=O)O)C1CCC2C3C(CC[C@]12C)[C@@]1(C)CCC(O)(O)CC1=C[C@H]3O.CC(CCC(O)(O)C(C)C(=O)O)C1CCC2C3C(CC[C@]12C)[C@@]1(C)CC[C@H](O)CC1=CC3(O)O.CC(CCC(O)(O)C(C)C(=O)O)C1CCC2C3C(CC[C@]12C)[C@@]1(C)CC[C@H](O)CC1=C[C@H]3O. The standard InChI is InChI=1S/C27H44O8.2C27H44O7.C27H44O6/c1-15(7-10-26(32,33)16(2)22(28)29)18-5-6-19-21-20(8-9-24(18,19)4)23(3)11-12-25(30,31)13-17(23)14-27(21,34)35;1-15(7-12-26(31,32)16(2)23(29)30)19-5-6-20-22-21(9-11-25(19,20)4)24(3)10-8-18(28)13-17(24)14-27(22,33)34;1-15(7-10-27(33,34)16(2)23(29)30)18-5-6-19-22-20(8-9-25(18,19)4)24(3)11-12-26(31,32)14-17(24)13-21(22)28;1-15(7-12-27(32,33)16(2)24(30)31)19-5-6-20-23-21(9-11-26(19,20)4)25(3)10-8-18(28)13-17(25)14-22(23)29/h14-16,18-21,30-35H,5-13H2,1-4H3,(H,28,29);14-16,18-22,28,31-34H,5-13H2,1-4H3,(H,29,30);13,15-16,18-22,28,31-34H,5-12,14H2,1-4H3,(H,29,30);14-16,18-23,28-29,32-33H,5-13H2,1-4H3,(H,30,31)/t15?,16?,18?,19?,20?,21?,23-,24+;15?,16?,18-,19?,20?,21?,22?,24-,25+;15?,16?,18?,19?,20?,21-,22?,24+,25-;15?,16?,18-,19?,20?,21?,22+,23?,25-,26+/m0010/s1. The van der Waals surface area contributed by atoms with Crippen LogP contribution in [0.2, 0.25) is 0 Å². The minimum Gasteiger partial charge on any atom is -0.481 e. The molecule has 776 valence electrons. The fourth-order valence-corrected chi connectivity index (χ4v) is 34.7. The number of aliphatic hydroxyl groups is 20. The molecule has 12 fully saturated rings. The third kappa shape index (κ3) is 19.9. The smallest absolute Gasteiger partial charge is 0.311 e. The van der Waals surface area contributed by atoms with Gasteiger partial charge in [0, 0.05) is 63.2 Å². The Morgan fingerprint density at radius 3 is 0.890 bits per heavy atom. The minimum absolute atomic E-state index is 0.00136. The van der Waals surface area contributed by atoms with Gasteiger partial charge in [0.25, 0.3) is 0 Å². The van der Waals surface area contributed by atoms with Crippen LogP contribution in [0.5, 0.6) is 0 Å². The van der Waals surface area contributed by atoms with Crippen molar-refractivity contribution in [3.63, 3.8) is 0 Å². The first-order valence-electron chi connectivity index (χ1n) is 52.6. The molecule has 28 heteroatoms. The maximum absolute atomic E-state index is 11.3. The Balaban J connectivity index is 0.000000153. The number of carboxylic acid groups (broad SMARTS) is 4. The molecule has 0 aromatic rings. The molecule has 0 bridgehead atoms. The van der Waals surface area contributed by atoms with Gasteiger partial charge in [-0.15, -0.1) is 0 Å². The van der Waals surface area contributed by atoms with Crippen LogP contribution in [0.15, 0.2) is 46.6 Å². The van der Waals surface area contributed by atoms with E-state index in [0.717, 1.165) is 152 Å². The predicted octanol–water partition coefficient (Wildman–Crippen LogP) is 12.1. The molecule has 0 saturated heterocycles. The Hall–Kier alpha value is -3.96. The van der Waals surface area contributed by atoms with E-state index in [9.17, 15) is 142 Å². The van der Waals surface area contributed by atoms with E-state index in [2.05, 4.69) is 89.2 Å². The highest BCUT2D eigenvalue weighted by Crippen LogP contribution is 2.74. The van der Waals surface area contributed by atoms with Crippen molar-refractivity contribution in [1.82, 2.24) is 0 Å². The second kappa shape index (κ2) is 38.5. The maximum Gasteiger partial charge on any atom is 0.311 e. The number of carbonyl (C=O) groups is 4. The summed E-state index contributed by atoms with van der Waals surface area (Å²) < 4.78 is 0. The quantitative estimate of drug-likeness (QED) is 0.0315. The van der Waals surface area contributed by atoms with Crippen LogP contribution in [0.3, 0.4) is 0 Å². The van der Waals surface area contributed by atoms with E-state index in [0.29, 0.717) is 92.8 Å². The van der Waals surface area contributed by atoms with Crippen molar-refractivity contribution in [2.75, 3.05) is 0 Å². The van der Waals surface area contributed by atoms with Crippen LogP contribution in [0.25, 0.3) is 0 Å². The van der Waals surface area contributed by atoms with Crippen molar-refractivity contribution in [1.29, 1.82) is 0 Å². The lowest BCUT2D eigenvalue weighted by atomic mass is 9.45. The number of carboxylic acids is 4. The Morgan fingerprint density at radius 2 is 0.566 bits per heavy atom. The third-order valence-electron chi connectivity index (χ3n) is 43.8. The molecular formula is C108H176O28. The van der Waals surface area contributed by atoms with Crippen molar-refractivity contribution in [2.24, 2.45) is 185 Å². The van der Waals surface area contributed by atoms with Gasteiger partial charge in [0.05, 0.1) is 24.4 Å². The van der Waals surface area contributed by atoms with Crippen LogP contribution >= 0.6 is 0 Å². The molecule has 36 atom stereocenters. The molecule has 0 heterocycles. The first-order chi connectivity index (χ1) is 62.5. The lowest BCUT2D eigenvalue weighted by Crippen LogP contribution is -2.60. The Labute approximate surface area is 806 Å². The molecule has 0 aliphatic heterocycles. The first kappa shape index (κ1) is 109. The maximum atomic E-state index is 11.3. The number of hydrogen-bond donors (Lipinski definition) is 24. The topological polar surface area (TPSA) is 554 Å². The van der Waals surface area contributed by atoms with E-state index in [1.807, 2.05) is 6.08 Å². The van der Waals surface area contributed by atoms with E-state index < -0.39 is 112 Å². The molecule has 24 N–H and O–H groups in total. The largest absolute Gasteiger partial charge is 0.481 e. The van der Waals surface area contributed by atoms with Crippen LogP contribution < -0.4 is 0 Å². The zero-order valence-corrected chi connectivity index (χ0v) is 84.3. The summed E-state index contributed by atoms with van der Waals surface area (Å²) in [5, 5.41) is 248. The molecule has 24 unspecified atom stereocenters. The summed E-state index contributed by atoms with van der Waals surface area (Å²) in [7, 11) is 0. The van der Waals surface area contributed by atoms with Crippen molar-refractivity contribution in [2.45, 2.75) is 413 Å². The van der Waals surface area contributed by atoms with Crippen molar-refractivity contribution in [3.05, 3.63) is 46.6 Å². The van der Waals surface area contributed by atoms with Crippen LogP contribution in [0, 0.1) is 185 Å². The normalized spacial score (nSPS) is 43.2. The van der Waals surface area contributed by atoms with Crippen LogP contribution in [0.1, 0.15) is 342 Å². The average Bonchev–Trinajstić information content (AvgIpc) is 1.40. The van der Waals surface area contributed by atoms with Crippen LogP contribution in [-0.4, -0.2) is 217 Å². The molecule has 16 aliphatic carbocycles. The molecule has 28 nitrogen and oxygen atoms in total. The van der Waals surface area contributed by atoms with Gasteiger partial charge < -0.3 is 123 Å². The predicted molar refractivity (Wildman–Crippen MR) is 504 cm³/mol.